The molecule has 0 saturated heterocycles. The van der Waals surface area contributed by atoms with Gasteiger partial charge in [0, 0.05) is 0 Å². The van der Waals surface area contributed by atoms with Crippen LogP contribution in [-0.2, 0) is 0 Å². The number of methoxy groups -OCH3 is 2. The number of rotatable bonds is 7. The highest BCUT2D eigenvalue weighted by atomic mass is 79.9. The first-order valence-electron chi connectivity index (χ1n) is 5.94. The van der Waals surface area contributed by atoms with Crippen molar-refractivity contribution in [3.8, 4) is 11.5 Å². The lowest BCUT2D eigenvalue weighted by molar-refractivity contribution is 0.107. The van der Waals surface area contributed by atoms with Crippen molar-refractivity contribution in [2.75, 3.05) is 20.4 Å². The van der Waals surface area contributed by atoms with Gasteiger partial charge >= 0.3 is 0 Å². The maximum absolute atomic E-state index is 12.4. The molecule has 0 aliphatic heterocycles. The van der Waals surface area contributed by atoms with Gasteiger partial charge in [-0.3, -0.25) is 4.79 Å². The van der Waals surface area contributed by atoms with Gasteiger partial charge in [-0.25, -0.2) is 0 Å². The molecule has 0 spiro atoms. The van der Waals surface area contributed by atoms with Crippen molar-refractivity contribution in [2.45, 2.75) is 19.8 Å². The van der Waals surface area contributed by atoms with Crippen molar-refractivity contribution in [1.82, 2.24) is 0 Å². The second kappa shape index (κ2) is 8.08. The molecule has 1 aromatic carbocycles. The number of carbonyl (C=O) groups excluding carboxylic acids is 1. The Balaban J connectivity index is 3.18. The van der Waals surface area contributed by atoms with Crippen LogP contribution >= 0.6 is 36.1 Å². The van der Waals surface area contributed by atoms with E-state index in [0.717, 1.165) is 19.0 Å². The molecular formula is C13H17BrClO3P. The number of halogens is 2. The number of hydrogen-bond donors (Lipinski definition) is 0. The molecule has 19 heavy (non-hydrogen) atoms. The SMILES string of the molecule is CCCCPC(=O)c1c(OC)c(Cl)cc(Br)c1OC. The van der Waals surface area contributed by atoms with E-state index in [1.165, 1.54) is 14.2 Å². The average Bonchev–Trinajstić information content (AvgIpc) is 2.38. The highest BCUT2D eigenvalue weighted by Gasteiger charge is 2.23. The summed E-state index contributed by atoms with van der Waals surface area (Å²) in [6.07, 6.45) is 3.00. The van der Waals surface area contributed by atoms with Crippen molar-refractivity contribution < 1.29 is 14.3 Å². The highest BCUT2D eigenvalue weighted by molar-refractivity contribution is 9.10. The summed E-state index contributed by atoms with van der Waals surface area (Å²) in [7, 11) is 3.23. The molecule has 0 aliphatic carbocycles. The molecule has 106 valence electrons. The molecule has 1 rings (SSSR count). The number of hydrogen-bond acceptors (Lipinski definition) is 3. The Bertz CT molecular complexity index is 437. The summed E-state index contributed by atoms with van der Waals surface area (Å²) in [5.74, 6) is 0.867. The minimum Gasteiger partial charge on any atom is -0.495 e. The van der Waals surface area contributed by atoms with E-state index in [4.69, 9.17) is 21.1 Å². The van der Waals surface area contributed by atoms with Gasteiger partial charge in [0.25, 0.3) is 0 Å². The van der Waals surface area contributed by atoms with E-state index in [1.54, 1.807) is 6.07 Å². The quantitative estimate of drug-likeness (QED) is 0.516. The summed E-state index contributed by atoms with van der Waals surface area (Å²) in [5, 5.41) is 0.402. The number of carbonyl (C=O) groups is 1. The normalized spacial score (nSPS) is 11.0. The molecule has 6 heteroatoms. The zero-order valence-electron chi connectivity index (χ0n) is 11.2. The zero-order valence-corrected chi connectivity index (χ0v) is 14.5. The van der Waals surface area contributed by atoms with Gasteiger partial charge in [0.05, 0.1) is 23.7 Å². The Hall–Kier alpha value is -0.310. The van der Waals surface area contributed by atoms with Gasteiger partial charge in [-0.05, 0) is 43.2 Å². The smallest absolute Gasteiger partial charge is 0.188 e. The Morgan fingerprint density at radius 3 is 2.53 bits per heavy atom. The Morgan fingerprint density at radius 1 is 1.37 bits per heavy atom. The molecule has 0 bridgehead atoms. The fourth-order valence-electron chi connectivity index (χ4n) is 1.66. The van der Waals surface area contributed by atoms with Crippen molar-refractivity contribution in [2.24, 2.45) is 0 Å². The third-order valence-electron chi connectivity index (χ3n) is 2.59. The van der Waals surface area contributed by atoms with Crippen LogP contribution in [0, 0.1) is 0 Å². The topological polar surface area (TPSA) is 35.5 Å². The predicted octanol–water partition coefficient (Wildman–Crippen LogP) is 4.74. The second-order valence-electron chi connectivity index (χ2n) is 3.89. The minimum absolute atomic E-state index is 0.0188. The van der Waals surface area contributed by atoms with Crippen LogP contribution in [-0.4, -0.2) is 25.9 Å². The Morgan fingerprint density at radius 2 is 2.00 bits per heavy atom. The fraction of sp³-hybridized carbons (Fsp3) is 0.462. The van der Waals surface area contributed by atoms with Crippen LogP contribution in [0.5, 0.6) is 11.5 Å². The molecule has 0 amide bonds. The molecule has 0 aromatic heterocycles. The molecule has 1 aromatic rings. The van der Waals surface area contributed by atoms with Gasteiger partial charge in [-0.1, -0.05) is 24.9 Å². The number of unbranched alkanes of at least 4 members (excludes halogenated alkanes) is 1. The van der Waals surface area contributed by atoms with Crippen molar-refractivity contribution in [1.29, 1.82) is 0 Å². The van der Waals surface area contributed by atoms with Crippen molar-refractivity contribution in [3.63, 3.8) is 0 Å². The third-order valence-corrected chi connectivity index (χ3v) is 4.64. The second-order valence-corrected chi connectivity index (χ2v) is 6.46. The molecule has 0 heterocycles. The van der Waals surface area contributed by atoms with Crippen LogP contribution in [0.4, 0.5) is 0 Å². The molecule has 0 aliphatic rings. The van der Waals surface area contributed by atoms with Crippen LogP contribution in [0.15, 0.2) is 10.5 Å². The van der Waals surface area contributed by atoms with Crippen LogP contribution < -0.4 is 9.47 Å². The molecule has 1 atom stereocenters. The monoisotopic (exact) mass is 366 g/mol. The van der Waals surface area contributed by atoms with E-state index >= 15 is 0 Å². The van der Waals surface area contributed by atoms with E-state index in [2.05, 4.69) is 22.9 Å². The van der Waals surface area contributed by atoms with Crippen molar-refractivity contribution in [3.05, 3.63) is 21.1 Å². The number of ether oxygens (including phenoxy) is 2. The van der Waals surface area contributed by atoms with Crippen molar-refractivity contribution >= 4 is 41.6 Å². The standard InChI is InChI=1S/C13H17BrClO3P/c1-4-5-6-19-13(16)10-11(17-2)8(14)7-9(15)12(10)18-3/h7,19H,4-6H2,1-3H3. The zero-order chi connectivity index (χ0) is 14.4. The first-order chi connectivity index (χ1) is 9.06. The average molecular weight is 368 g/mol. The lowest BCUT2D eigenvalue weighted by Crippen LogP contribution is -2.03. The van der Waals surface area contributed by atoms with Crippen LogP contribution in [0.3, 0.4) is 0 Å². The Labute approximate surface area is 128 Å². The third kappa shape index (κ3) is 4.08. The minimum atomic E-state index is 0.0188. The van der Waals surface area contributed by atoms with Gasteiger partial charge in [0.1, 0.15) is 11.3 Å². The largest absolute Gasteiger partial charge is 0.495 e. The maximum atomic E-state index is 12.4. The van der Waals surface area contributed by atoms with E-state index < -0.39 is 0 Å². The van der Waals surface area contributed by atoms with E-state index in [9.17, 15) is 4.79 Å². The molecular weight excluding hydrogens is 350 g/mol. The Kier molecular flexibility index (Phi) is 7.12. The lowest BCUT2D eigenvalue weighted by atomic mass is 10.2. The summed E-state index contributed by atoms with van der Waals surface area (Å²) in [4.78, 5) is 12.4. The molecule has 0 N–H and O–H groups in total. The summed E-state index contributed by atoms with van der Waals surface area (Å²) in [6, 6.07) is 1.67. The van der Waals surface area contributed by atoms with Crippen LogP contribution in [0.2, 0.25) is 5.02 Å². The maximum Gasteiger partial charge on any atom is 0.188 e. The van der Waals surface area contributed by atoms with Crippen LogP contribution in [0.25, 0.3) is 0 Å². The van der Waals surface area contributed by atoms with Gasteiger partial charge in [0.2, 0.25) is 0 Å². The number of benzene rings is 1. The van der Waals surface area contributed by atoms with E-state index in [1.807, 2.05) is 0 Å². The molecule has 1 unspecified atom stereocenters. The molecule has 3 nitrogen and oxygen atoms in total. The lowest BCUT2D eigenvalue weighted by Gasteiger charge is -2.15. The molecule has 0 fully saturated rings. The summed E-state index contributed by atoms with van der Waals surface area (Å²) in [5.41, 5.74) is 0.448. The highest BCUT2D eigenvalue weighted by Crippen LogP contribution is 2.43. The van der Waals surface area contributed by atoms with Crippen LogP contribution in [0.1, 0.15) is 30.1 Å². The summed E-state index contributed by atoms with van der Waals surface area (Å²) < 4.78 is 11.2. The first kappa shape index (κ1) is 16.7. The van der Waals surface area contributed by atoms with Gasteiger partial charge in [-0.15, -0.1) is 0 Å². The molecule has 0 saturated carbocycles. The van der Waals surface area contributed by atoms with E-state index in [0.29, 0.717) is 26.6 Å². The van der Waals surface area contributed by atoms with Gasteiger partial charge in [0.15, 0.2) is 11.3 Å². The predicted molar refractivity (Wildman–Crippen MR) is 84.7 cm³/mol. The molecule has 0 radical (unpaired) electrons. The first-order valence-corrected chi connectivity index (χ1v) is 8.32. The van der Waals surface area contributed by atoms with E-state index in [-0.39, 0.29) is 14.1 Å². The summed E-state index contributed by atoms with van der Waals surface area (Å²) >= 11 is 9.47. The van der Waals surface area contributed by atoms with Gasteiger partial charge < -0.3 is 9.47 Å². The fourth-order valence-corrected chi connectivity index (χ4v) is 3.82. The summed E-state index contributed by atoms with van der Waals surface area (Å²) in [6.45, 7) is 2.10. The van der Waals surface area contributed by atoms with Gasteiger partial charge in [-0.2, -0.15) is 0 Å².